The lowest BCUT2D eigenvalue weighted by Crippen LogP contribution is -2.32. The van der Waals surface area contributed by atoms with E-state index in [0.717, 1.165) is 11.7 Å². The number of hydrogen-bond donors (Lipinski definition) is 1. The average Bonchev–Trinajstić information content (AvgIpc) is 2.42. The van der Waals surface area contributed by atoms with E-state index in [1.54, 1.807) is 0 Å². The summed E-state index contributed by atoms with van der Waals surface area (Å²) in [6.07, 6.45) is 6.96. The monoisotopic (exact) mass is 275 g/mol. The van der Waals surface area contributed by atoms with Crippen LogP contribution in [0, 0.1) is 12.8 Å². The van der Waals surface area contributed by atoms with Gasteiger partial charge in [-0.2, -0.15) is 0 Å². The predicted octanol–water partition coefficient (Wildman–Crippen LogP) is 5.16. The number of aryl methyl sites for hydroxylation is 1. The van der Waals surface area contributed by atoms with Crippen molar-refractivity contribution in [2.24, 2.45) is 5.92 Å². The molecule has 2 rings (SSSR count). The van der Waals surface area contributed by atoms with Crippen LogP contribution in [-0.4, -0.2) is 12.1 Å². The van der Waals surface area contributed by atoms with Crippen molar-refractivity contribution in [1.82, 2.24) is 0 Å². The van der Waals surface area contributed by atoms with Gasteiger partial charge in [-0.05, 0) is 63.3 Å². The molecule has 1 saturated carbocycles. The van der Waals surface area contributed by atoms with E-state index >= 15 is 0 Å². The van der Waals surface area contributed by atoms with Crippen molar-refractivity contribution >= 4 is 5.69 Å². The molecule has 0 aromatic heterocycles. The van der Waals surface area contributed by atoms with Crippen molar-refractivity contribution in [2.75, 3.05) is 5.32 Å². The number of rotatable bonds is 5. The fourth-order valence-electron chi connectivity index (χ4n) is 3.23. The summed E-state index contributed by atoms with van der Waals surface area (Å²) >= 11 is 0. The Morgan fingerprint density at radius 2 is 2.00 bits per heavy atom. The van der Waals surface area contributed by atoms with Crippen molar-refractivity contribution < 1.29 is 4.74 Å². The first kappa shape index (κ1) is 15.2. The molecule has 0 radical (unpaired) electrons. The Morgan fingerprint density at radius 3 is 2.65 bits per heavy atom. The Labute approximate surface area is 123 Å². The summed E-state index contributed by atoms with van der Waals surface area (Å²) in [4.78, 5) is 0. The van der Waals surface area contributed by atoms with Crippen LogP contribution in [-0.2, 0) is 0 Å². The van der Waals surface area contributed by atoms with Crippen LogP contribution in [0.1, 0.15) is 58.4 Å². The largest absolute Gasteiger partial charge is 0.491 e. The van der Waals surface area contributed by atoms with Crippen LogP contribution in [0.2, 0.25) is 0 Å². The maximum atomic E-state index is 5.75. The summed E-state index contributed by atoms with van der Waals surface area (Å²) in [6.45, 7) is 8.61. The van der Waals surface area contributed by atoms with Crippen LogP contribution >= 0.6 is 0 Å². The molecule has 2 unspecified atom stereocenters. The molecule has 0 heterocycles. The molecular formula is C18H29NO. The third-order valence-corrected chi connectivity index (χ3v) is 4.34. The van der Waals surface area contributed by atoms with Gasteiger partial charge in [0.15, 0.2) is 0 Å². The highest BCUT2D eigenvalue weighted by Gasteiger charge is 2.23. The van der Waals surface area contributed by atoms with E-state index in [9.17, 15) is 0 Å². The molecule has 2 heteroatoms. The quantitative estimate of drug-likeness (QED) is 0.801. The van der Waals surface area contributed by atoms with E-state index in [4.69, 9.17) is 4.74 Å². The van der Waals surface area contributed by atoms with Gasteiger partial charge in [0.05, 0.1) is 6.10 Å². The molecule has 2 atom stereocenters. The summed E-state index contributed by atoms with van der Waals surface area (Å²) in [6, 6.07) is 7.05. The summed E-state index contributed by atoms with van der Waals surface area (Å²) in [7, 11) is 0. The standard InChI is InChI=1S/C18H29NO/c1-5-15-8-6-7-9-18(15)19-17-11-10-16(12-14(17)4)20-13(2)3/h10-13,15,18-19H,5-9H2,1-4H3. The van der Waals surface area contributed by atoms with Crippen molar-refractivity contribution in [1.29, 1.82) is 0 Å². The summed E-state index contributed by atoms with van der Waals surface area (Å²) < 4.78 is 5.75. The van der Waals surface area contributed by atoms with E-state index in [2.05, 4.69) is 51.2 Å². The van der Waals surface area contributed by atoms with Crippen LogP contribution in [0.5, 0.6) is 5.75 Å². The Bertz CT molecular complexity index is 427. The Morgan fingerprint density at radius 1 is 1.25 bits per heavy atom. The normalized spacial score (nSPS) is 22.9. The highest BCUT2D eigenvalue weighted by molar-refractivity contribution is 5.54. The van der Waals surface area contributed by atoms with Gasteiger partial charge in [-0.15, -0.1) is 0 Å². The van der Waals surface area contributed by atoms with Gasteiger partial charge < -0.3 is 10.1 Å². The maximum Gasteiger partial charge on any atom is 0.120 e. The van der Waals surface area contributed by atoms with E-state index in [1.807, 2.05) is 0 Å². The summed E-state index contributed by atoms with van der Waals surface area (Å²) in [5, 5.41) is 3.78. The van der Waals surface area contributed by atoms with Gasteiger partial charge in [-0.1, -0.05) is 26.2 Å². The molecule has 1 aromatic carbocycles. The summed E-state index contributed by atoms with van der Waals surface area (Å²) in [5.74, 6) is 1.80. The van der Waals surface area contributed by atoms with Gasteiger partial charge in [0, 0.05) is 11.7 Å². The molecule has 1 N–H and O–H groups in total. The topological polar surface area (TPSA) is 21.3 Å². The minimum atomic E-state index is 0.232. The average molecular weight is 275 g/mol. The van der Waals surface area contributed by atoms with Crippen molar-refractivity contribution in [3.63, 3.8) is 0 Å². The number of nitrogens with one attached hydrogen (secondary N) is 1. The number of anilines is 1. The fourth-order valence-corrected chi connectivity index (χ4v) is 3.23. The molecule has 1 aromatic rings. The zero-order valence-corrected chi connectivity index (χ0v) is 13.4. The first-order valence-corrected chi connectivity index (χ1v) is 8.14. The van der Waals surface area contributed by atoms with Crippen molar-refractivity contribution in [3.05, 3.63) is 23.8 Å². The molecular weight excluding hydrogens is 246 g/mol. The molecule has 2 nitrogen and oxygen atoms in total. The molecule has 1 aliphatic carbocycles. The SMILES string of the molecule is CCC1CCCCC1Nc1ccc(OC(C)C)cc1C. The third-order valence-electron chi connectivity index (χ3n) is 4.34. The molecule has 0 bridgehead atoms. The second-order valence-electron chi connectivity index (χ2n) is 6.35. The lowest BCUT2D eigenvalue weighted by atomic mass is 9.82. The molecule has 1 fully saturated rings. The zero-order valence-electron chi connectivity index (χ0n) is 13.4. The zero-order chi connectivity index (χ0) is 14.5. The van der Waals surface area contributed by atoms with Crippen molar-refractivity contribution in [3.8, 4) is 5.75 Å². The smallest absolute Gasteiger partial charge is 0.120 e. The second kappa shape index (κ2) is 7.01. The van der Waals surface area contributed by atoms with Gasteiger partial charge in [0.2, 0.25) is 0 Å². The predicted molar refractivity (Wildman–Crippen MR) is 86.6 cm³/mol. The van der Waals surface area contributed by atoms with Gasteiger partial charge in [0.25, 0.3) is 0 Å². The number of ether oxygens (including phenoxy) is 1. The number of hydrogen-bond acceptors (Lipinski definition) is 2. The molecule has 1 aliphatic rings. The molecule has 0 aliphatic heterocycles. The molecule has 0 spiro atoms. The van der Waals surface area contributed by atoms with E-state index < -0.39 is 0 Å². The van der Waals surface area contributed by atoms with Gasteiger partial charge in [0.1, 0.15) is 5.75 Å². The first-order valence-electron chi connectivity index (χ1n) is 8.14. The van der Waals surface area contributed by atoms with Crippen LogP contribution in [0.15, 0.2) is 18.2 Å². The second-order valence-corrected chi connectivity index (χ2v) is 6.35. The Kier molecular flexibility index (Phi) is 5.33. The van der Waals surface area contributed by atoms with Gasteiger partial charge in [-0.25, -0.2) is 0 Å². The van der Waals surface area contributed by atoms with Crippen LogP contribution in [0.25, 0.3) is 0 Å². The lowest BCUT2D eigenvalue weighted by Gasteiger charge is -2.32. The minimum absolute atomic E-state index is 0.232. The van der Waals surface area contributed by atoms with Crippen molar-refractivity contribution in [2.45, 2.75) is 71.9 Å². The van der Waals surface area contributed by atoms with Crippen LogP contribution in [0.4, 0.5) is 5.69 Å². The van der Waals surface area contributed by atoms with E-state index in [-0.39, 0.29) is 6.10 Å². The summed E-state index contributed by atoms with van der Waals surface area (Å²) in [5.41, 5.74) is 2.55. The minimum Gasteiger partial charge on any atom is -0.491 e. The maximum absolute atomic E-state index is 5.75. The lowest BCUT2D eigenvalue weighted by molar-refractivity contribution is 0.242. The van der Waals surface area contributed by atoms with Crippen LogP contribution in [0.3, 0.4) is 0 Å². The van der Waals surface area contributed by atoms with Gasteiger partial charge in [-0.3, -0.25) is 0 Å². The Balaban J connectivity index is 2.05. The first-order chi connectivity index (χ1) is 9.60. The molecule has 20 heavy (non-hydrogen) atoms. The van der Waals surface area contributed by atoms with Crippen LogP contribution < -0.4 is 10.1 Å². The number of benzene rings is 1. The molecule has 0 saturated heterocycles. The van der Waals surface area contributed by atoms with E-state index in [1.165, 1.54) is 43.4 Å². The molecule has 0 amide bonds. The Hall–Kier alpha value is -1.18. The third kappa shape index (κ3) is 3.91. The van der Waals surface area contributed by atoms with E-state index in [0.29, 0.717) is 6.04 Å². The fraction of sp³-hybridized carbons (Fsp3) is 0.667. The highest BCUT2D eigenvalue weighted by atomic mass is 16.5. The van der Waals surface area contributed by atoms with Gasteiger partial charge >= 0.3 is 0 Å². The highest BCUT2D eigenvalue weighted by Crippen LogP contribution is 2.31. The molecule has 112 valence electrons.